The van der Waals surface area contributed by atoms with Crippen molar-refractivity contribution >= 4 is 5.91 Å². The van der Waals surface area contributed by atoms with Gasteiger partial charge in [0, 0.05) is 18.1 Å². The summed E-state index contributed by atoms with van der Waals surface area (Å²) in [6, 6.07) is 18.4. The number of phenols is 1. The van der Waals surface area contributed by atoms with Gasteiger partial charge in [-0.15, -0.1) is 0 Å². The number of benzene rings is 3. The average molecular weight is 494 g/mol. The van der Waals surface area contributed by atoms with Gasteiger partial charge in [-0.05, 0) is 23.3 Å². The molecule has 9 heteroatoms. The molecule has 1 aliphatic carbocycles. The molecule has 0 spiro atoms. The molecule has 36 heavy (non-hydrogen) atoms. The highest BCUT2D eigenvalue weighted by atomic mass is 16.6. The van der Waals surface area contributed by atoms with Gasteiger partial charge in [-0.1, -0.05) is 42.5 Å². The van der Waals surface area contributed by atoms with Crippen molar-refractivity contribution in [3.63, 3.8) is 0 Å². The number of fused-ring (bicyclic) bond motifs is 3. The van der Waals surface area contributed by atoms with Crippen LogP contribution in [-0.4, -0.2) is 48.7 Å². The number of carbonyl (C=O) groups is 1. The number of aliphatic hydroxyl groups excluding tert-OH is 1. The topological polar surface area (TPSA) is 127 Å². The van der Waals surface area contributed by atoms with E-state index in [0.29, 0.717) is 16.9 Å². The van der Waals surface area contributed by atoms with Crippen molar-refractivity contribution in [1.82, 2.24) is 5.48 Å². The summed E-state index contributed by atoms with van der Waals surface area (Å²) < 4.78 is 17.7. The normalized spacial score (nSPS) is 28.1. The second kappa shape index (κ2) is 8.70. The summed E-state index contributed by atoms with van der Waals surface area (Å²) in [5.41, 5.74) is -0.237. The highest BCUT2D eigenvalue weighted by Gasteiger charge is 2.78. The number of hydrogen-bond acceptors (Lipinski definition) is 8. The lowest BCUT2D eigenvalue weighted by atomic mass is 9.70. The Balaban J connectivity index is 1.88. The summed E-state index contributed by atoms with van der Waals surface area (Å²) in [5.74, 6) is -1.80. The quantitative estimate of drug-likeness (QED) is 0.386. The van der Waals surface area contributed by atoms with Crippen LogP contribution in [-0.2, 0) is 20.8 Å². The lowest BCUT2D eigenvalue weighted by Crippen LogP contribution is -2.52. The molecular formula is C27H27NO8. The van der Waals surface area contributed by atoms with Crippen molar-refractivity contribution in [2.24, 2.45) is 5.92 Å². The van der Waals surface area contributed by atoms with E-state index in [-0.39, 0.29) is 22.8 Å². The van der Waals surface area contributed by atoms with Crippen molar-refractivity contribution in [1.29, 1.82) is 0 Å². The van der Waals surface area contributed by atoms with Crippen LogP contribution < -0.4 is 19.7 Å². The van der Waals surface area contributed by atoms with Gasteiger partial charge in [-0.3, -0.25) is 9.63 Å². The third-order valence-electron chi connectivity index (χ3n) is 7.24. The van der Waals surface area contributed by atoms with Crippen LogP contribution in [0.15, 0.2) is 66.7 Å². The highest BCUT2D eigenvalue weighted by molar-refractivity contribution is 5.82. The monoisotopic (exact) mass is 493 g/mol. The molecule has 188 valence electrons. The van der Waals surface area contributed by atoms with Crippen molar-refractivity contribution in [2.75, 3.05) is 21.3 Å². The SMILES string of the molecule is CONC(=O)[C@@H]1[C@@H](c2ccccc2)C2(c3ccc(O)cc3)Oc3cc(OC)cc(OC)c3[C@]2(O)[C@@H]1O. The van der Waals surface area contributed by atoms with Gasteiger partial charge >= 0.3 is 0 Å². The molecule has 2 aliphatic rings. The van der Waals surface area contributed by atoms with Crippen molar-refractivity contribution < 1.29 is 39.2 Å². The Labute approximate surface area is 207 Å². The zero-order valence-electron chi connectivity index (χ0n) is 20.0. The number of methoxy groups -OCH3 is 2. The van der Waals surface area contributed by atoms with Crippen molar-refractivity contribution in [2.45, 2.75) is 23.2 Å². The fraction of sp³-hybridized carbons (Fsp3) is 0.296. The van der Waals surface area contributed by atoms with E-state index in [4.69, 9.17) is 19.0 Å². The smallest absolute Gasteiger partial charge is 0.250 e. The second-order valence-electron chi connectivity index (χ2n) is 8.88. The van der Waals surface area contributed by atoms with Crippen LogP contribution in [0.3, 0.4) is 0 Å². The number of aromatic hydroxyl groups is 1. The van der Waals surface area contributed by atoms with Gasteiger partial charge in [-0.25, -0.2) is 5.48 Å². The molecule has 0 bridgehead atoms. The van der Waals surface area contributed by atoms with Crippen LogP contribution in [0.1, 0.15) is 22.6 Å². The van der Waals surface area contributed by atoms with Gasteiger partial charge in [0.2, 0.25) is 5.91 Å². The molecule has 0 radical (unpaired) electrons. The lowest BCUT2D eigenvalue weighted by molar-refractivity contribution is -0.157. The first kappa shape index (κ1) is 23.9. The van der Waals surface area contributed by atoms with E-state index in [2.05, 4.69) is 5.48 Å². The molecule has 5 rings (SSSR count). The highest BCUT2D eigenvalue weighted by Crippen LogP contribution is 2.70. The number of phenolic OH excluding ortho intramolecular Hbond substituents is 1. The van der Waals surface area contributed by atoms with Crippen LogP contribution in [0.25, 0.3) is 0 Å². The molecule has 1 saturated carbocycles. The molecule has 1 fully saturated rings. The molecule has 9 nitrogen and oxygen atoms in total. The second-order valence-corrected chi connectivity index (χ2v) is 8.88. The maximum Gasteiger partial charge on any atom is 0.250 e. The summed E-state index contributed by atoms with van der Waals surface area (Å²) in [4.78, 5) is 18.2. The molecule has 1 amide bonds. The predicted molar refractivity (Wildman–Crippen MR) is 128 cm³/mol. The molecule has 0 aromatic heterocycles. The summed E-state index contributed by atoms with van der Waals surface area (Å²) >= 11 is 0. The maximum absolute atomic E-state index is 13.4. The molecule has 1 heterocycles. The third-order valence-corrected chi connectivity index (χ3v) is 7.24. The number of hydroxylamine groups is 1. The number of rotatable bonds is 6. The predicted octanol–water partition coefficient (Wildman–Crippen LogP) is 2.34. The Morgan fingerprint density at radius 3 is 2.31 bits per heavy atom. The summed E-state index contributed by atoms with van der Waals surface area (Å²) in [5, 5.41) is 34.5. The van der Waals surface area contributed by atoms with Gasteiger partial charge in [-0.2, -0.15) is 0 Å². The number of nitrogens with one attached hydrogen (secondary N) is 1. The molecule has 4 N–H and O–H groups in total. The van der Waals surface area contributed by atoms with Crippen LogP contribution in [0.4, 0.5) is 0 Å². The maximum atomic E-state index is 13.4. The third kappa shape index (κ3) is 3.10. The van der Waals surface area contributed by atoms with E-state index in [1.165, 1.54) is 33.5 Å². The number of aliphatic hydroxyl groups is 2. The van der Waals surface area contributed by atoms with Crippen molar-refractivity contribution in [3.8, 4) is 23.0 Å². The zero-order chi connectivity index (χ0) is 25.7. The molecule has 1 aliphatic heterocycles. The Kier molecular flexibility index (Phi) is 5.78. The Morgan fingerprint density at radius 2 is 1.69 bits per heavy atom. The van der Waals surface area contributed by atoms with E-state index in [0.717, 1.165) is 0 Å². The van der Waals surface area contributed by atoms with E-state index >= 15 is 0 Å². The first-order chi connectivity index (χ1) is 17.3. The number of hydrogen-bond donors (Lipinski definition) is 4. The zero-order valence-corrected chi connectivity index (χ0v) is 20.0. The minimum absolute atomic E-state index is 0.0110. The number of ether oxygens (including phenoxy) is 3. The summed E-state index contributed by atoms with van der Waals surface area (Å²) in [6.07, 6.45) is -1.64. The summed E-state index contributed by atoms with van der Waals surface area (Å²) in [7, 11) is 4.22. The Hall–Kier alpha value is -3.79. The van der Waals surface area contributed by atoms with Crippen molar-refractivity contribution in [3.05, 3.63) is 83.4 Å². The van der Waals surface area contributed by atoms with Gasteiger partial charge in [0.05, 0.1) is 32.8 Å². The summed E-state index contributed by atoms with van der Waals surface area (Å²) in [6.45, 7) is 0. The van der Waals surface area contributed by atoms with E-state index in [1.54, 1.807) is 36.4 Å². The van der Waals surface area contributed by atoms with Gasteiger partial charge in [0.1, 0.15) is 29.1 Å². The Morgan fingerprint density at radius 1 is 1.00 bits per heavy atom. The molecule has 1 unspecified atom stereocenters. The minimum Gasteiger partial charge on any atom is -0.508 e. The van der Waals surface area contributed by atoms with Gasteiger partial charge in [0.15, 0.2) is 11.2 Å². The molecular weight excluding hydrogens is 466 g/mol. The molecule has 3 aromatic carbocycles. The van der Waals surface area contributed by atoms with Gasteiger partial charge < -0.3 is 29.5 Å². The first-order valence-corrected chi connectivity index (χ1v) is 11.4. The fourth-order valence-electron chi connectivity index (χ4n) is 5.83. The first-order valence-electron chi connectivity index (χ1n) is 11.4. The van der Waals surface area contributed by atoms with Gasteiger partial charge in [0.25, 0.3) is 0 Å². The molecule has 0 saturated heterocycles. The minimum atomic E-state index is -2.15. The van der Waals surface area contributed by atoms with E-state index in [9.17, 15) is 20.1 Å². The van der Waals surface area contributed by atoms with Crippen LogP contribution >= 0.6 is 0 Å². The average Bonchev–Trinajstić information content (AvgIpc) is 3.27. The molecule has 5 atom stereocenters. The lowest BCUT2D eigenvalue weighted by Gasteiger charge is -2.40. The number of carbonyl (C=O) groups excluding carboxylic acids is 1. The van der Waals surface area contributed by atoms with Crippen LogP contribution in [0.5, 0.6) is 23.0 Å². The molecule has 3 aromatic rings. The van der Waals surface area contributed by atoms with Crippen LogP contribution in [0, 0.1) is 5.92 Å². The fourth-order valence-corrected chi connectivity index (χ4v) is 5.83. The van der Waals surface area contributed by atoms with E-state index in [1.807, 2.05) is 18.2 Å². The van der Waals surface area contributed by atoms with E-state index < -0.39 is 35.0 Å². The standard InChI is InChI=1S/C27H27NO8/c1-33-18-13-19(34-2)23-20(14-18)36-27(16-9-11-17(29)12-10-16)22(15-7-5-4-6-8-15)21(25(31)28-35-3)24(30)26(23,27)32/h4-14,21-22,24,29-30,32H,1-3H3,(H,28,31)/t21-,22-,24-,26+,27?/m1/s1. The Bertz CT molecular complexity index is 1280. The largest absolute Gasteiger partial charge is 0.508 e. The van der Waals surface area contributed by atoms with Crippen LogP contribution in [0.2, 0.25) is 0 Å². The number of amides is 1.